The van der Waals surface area contributed by atoms with Crippen molar-refractivity contribution < 1.29 is 19.0 Å². The number of carbonyl (C=O) groups is 1. The van der Waals surface area contributed by atoms with E-state index < -0.39 is 11.8 Å². The second kappa shape index (κ2) is 7.59. The molecule has 22 heavy (non-hydrogen) atoms. The molecule has 0 aliphatic carbocycles. The number of rotatable bonds is 7. The summed E-state index contributed by atoms with van der Waals surface area (Å²) in [4.78, 5) is 10.5. The third-order valence-corrected chi connectivity index (χ3v) is 3.37. The maximum absolute atomic E-state index is 14.2. The Morgan fingerprint density at radius 1 is 1.18 bits per heavy atom. The van der Waals surface area contributed by atoms with Crippen LogP contribution >= 0.6 is 0 Å². The first kappa shape index (κ1) is 16.0. The zero-order valence-electron chi connectivity index (χ0n) is 12.5. The number of carboxylic acids is 1. The molecule has 0 heterocycles. The molecule has 0 radical (unpaired) electrons. The Balaban J connectivity index is 2.01. The van der Waals surface area contributed by atoms with Crippen LogP contribution in [-0.4, -0.2) is 11.1 Å². The van der Waals surface area contributed by atoms with E-state index in [-0.39, 0.29) is 12.2 Å². The number of benzene rings is 2. The highest BCUT2D eigenvalue weighted by Gasteiger charge is 2.10. The first-order chi connectivity index (χ1) is 10.6. The molecule has 0 amide bonds. The zero-order valence-corrected chi connectivity index (χ0v) is 12.5. The summed E-state index contributed by atoms with van der Waals surface area (Å²) < 4.78 is 19.7. The fraction of sp³-hybridized carbons (Fsp3) is 0.278. The van der Waals surface area contributed by atoms with Gasteiger partial charge in [-0.3, -0.25) is 4.79 Å². The number of aliphatic carboxylic acids is 1. The van der Waals surface area contributed by atoms with Gasteiger partial charge in [0.2, 0.25) is 0 Å². The Hall–Kier alpha value is -2.36. The van der Waals surface area contributed by atoms with Gasteiger partial charge in [0.1, 0.15) is 6.61 Å². The van der Waals surface area contributed by atoms with Crippen LogP contribution in [0.15, 0.2) is 42.5 Å². The van der Waals surface area contributed by atoms with Gasteiger partial charge < -0.3 is 9.84 Å². The summed E-state index contributed by atoms with van der Waals surface area (Å²) in [6, 6.07) is 12.9. The fourth-order valence-corrected chi connectivity index (χ4v) is 2.30. The minimum absolute atomic E-state index is 0.0902. The molecule has 0 fully saturated rings. The molecule has 0 aliphatic rings. The molecule has 2 aromatic rings. The lowest BCUT2D eigenvalue weighted by molar-refractivity contribution is -0.137. The summed E-state index contributed by atoms with van der Waals surface area (Å²) in [5.41, 5.74) is 2.50. The van der Waals surface area contributed by atoms with Crippen molar-refractivity contribution in [2.75, 3.05) is 0 Å². The van der Waals surface area contributed by atoms with E-state index in [9.17, 15) is 9.18 Å². The van der Waals surface area contributed by atoms with Gasteiger partial charge in [0, 0.05) is 6.42 Å². The molecule has 0 saturated heterocycles. The number of halogens is 1. The highest BCUT2D eigenvalue weighted by molar-refractivity contribution is 5.66. The van der Waals surface area contributed by atoms with Gasteiger partial charge in [0.15, 0.2) is 11.6 Å². The molecule has 1 N–H and O–H groups in total. The molecule has 3 nitrogen and oxygen atoms in total. The van der Waals surface area contributed by atoms with E-state index in [2.05, 4.69) is 0 Å². The second-order valence-electron chi connectivity index (χ2n) is 5.25. The molecule has 2 aromatic carbocycles. The Morgan fingerprint density at radius 2 is 1.91 bits per heavy atom. The third kappa shape index (κ3) is 4.58. The van der Waals surface area contributed by atoms with Crippen molar-refractivity contribution >= 4 is 5.97 Å². The largest absolute Gasteiger partial charge is 0.486 e. The molecule has 0 unspecified atom stereocenters. The predicted octanol–water partition coefficient (Wildman–Crippen LogP) is 4.12. The summed E-state index contributed by atoms with van der Waals surface area (Å²) in [7, 11) is 0. The molecule has 0 aromatic heterocycles. The van der Waals surface area contributed by atoms with Crippen molar-refractivity contribution in [2.24, 2.45) is 0 Å². The summed E-state index contributed by atoms with van der Waals surface area (Å²) in [6.45, 7) is 2.11. The number of aryl methyl sites for hydroxylation is 2. The van der Waals surface area contributed by atoms with E-state index in [1.807, 2.05) is 36.4 Å². The average molecular weight is 302 g/mol. The van der Waals surface area contributed by atoms with E-state index in [0.717, 1.165) is 16.7 Å². The highest BCUT2D eigenvalue weighted by Crippen LogP contribution is 2.25. The monoisotopic (exact) mass is 302 g/mol. The lowest BCUT2D eigenvalue weighted by atomic mass is 10.0. The van der Waals surface area contributed by atoms with Gasteiger partial charge >= 0.3 is 5.97 Å². The minimum atomic E-state index is -0.833. The van der Waals surface area contributed by atoms with Crippen molar-refractivity contribution in [3.8, 4) is 5.75 Å². The van der Waals surface area contributed by atoms with E-state index >= 15 is 0 Å². The molecule has 4 heteroatoms. The number of carboxylic acid groups (broad SMARTS) is 1. The van der Waals surface area contributed by atoms with Crippen LogP contribution in [0.3, 0.4) is 0 Å². The van der Waals surface area contributed by atoms with Gasteiger partial charge in [-0.1, -0.05) is 36.4 Å². The Bertz CT molecular complexity index is 615. The van der Waals surface area contributed by atoms with Crippen LogP contribution in [0, 0.1) is 12.7 Å². The standard InChI is InChI=1S/C18H19FO3/c1-13-10-15(8-5-9-17(20)21)11-16(19)18(13)22-12-14-6-3-2-4-7-14/h2-4,6-7,10-11H,5,8-9,12H2,1H3,(H,20,21). The molecular weight excluding hydrogens is 283 g/mol. The van der Waals surface area contributed by atoms with Crippen molar-refractivity contribution in [3.05, 3.63) is 65.0 Å². The fourth-order valence-electron chi connectivity index (χ4n) is 2.30. The molecule has 0 saturated carbocycles. The third-order valence-electron chi connectivity index (χ3n) is 3.37. The van der Waals surface area contributed by atoms with Gasteiger partial charge in [0.25, 0.3) is 0 Å². The quantitative estimate of drug-likeness (QED) is 0.837. The smallest absolute Gasteiger partial charge is 0.303 e. The molecule has 0 aliphatic heterocycles. The van der Waals surface area contributed by atoms with Crippen LogP contribution in [0.4, 0.5) is 4.39 Å². The van der Waals surface area contributed by atoms with E-state index in [4.69, 9.17) is 9.84 Å². The van der Waals surface area contributed by atoms with Crippen LogP contribution in [0.5, 0.6) is 5.75 Å². The van der Waals surface area contributed by atoms with E-state index in [1.54, 1.807) is 6.92 Å². The lowest BCUT2D eigenvalue weighted by Crippen LogP contribution is -2.01. The first-order valence-electron chi connectivity index (χ1n) is 7.24. The summed E-state index contributed by atoms with van der Waals surface area (Å²) in [6.07, 6.45) is 1.13. The molecule has 2 rings (SSSR count). The van der Waals surface area contributed by atoms with Crippen molar-refractivity contribution in [1.82, 2.24) is 0 Å². The summed E-state index contributed by atoms with van der Waals surface area (Å²) >= 11 is 0. The Labute approximate surface area is 129 Å². The number of hydrogen-bond acceptors (Lipinski definition) is 2. The molecule has 0 atom stereocenters. The van der Waals surface area contributed by atoms with Gasteiger partial charge in [-0.15, -0.1) is 0 Å². The SMILES string of the molecule is Cc1cc(CCCC(=O)O)cc(F)c1OCc1ccccc1. The van der Waals surface area contributed by atoms with Crippen LogP contribution in [0.25, 0.3) is 0 Å². The van der Waals surface area contributed by atoms with Gasteiger partial charge in [-0.05, 0) is 42.5 Å². The maximum atomic E-state index is 14.2. The molecule has 0 spiro atoms. The van der Waals surface area contributed by atoms with Crippen molar-refractivity contribution in [1.29, 1.82) is 0 Å². The van der Waals surface area contributed by atoms with Crippen LogP contribution < -0.4 is 4.74 Å². The number of ether oxygens (including phenoxy) is 1. The second-order valence-corrected chi connectivity index (χ2v) is 5.25. The van der Waals surface area contributed by atoms with E-state index in [0.29, 0.717) is 19.4 Å². The normalized spacial score (nSPS) is 10.5. The molecule has 0 bridgehead atoms. The maximum Gasteiger partial charge on any atom is 0.303 e. The van der Waals surface area contributed by atoms with Crippen molar-refractivity contribution in [3.63, 3.8) is 0 Å². The molecular formula is C18H19FO3. The van der Waals surface area contributed by atoms with Crippen LogP contribution in [0.2, 0.25) is 0 Å². The summed E-state index contributed by atoms with van der Waals surface area (Å²) in [5, 5.41) is 8.63. The Kier molecular flexibility index (Phi) is 5.53. The van der Waals surface area contributed by atoms with Gasteiger partial charge in [0.05, 0.1) is 0 Å². The van der Waals surface area contributed by atoms with Gasteiger partial charge in [-0.25, -0.2) is 4.39 Å². The summed E-state index contributed by atoms with van der Waals surface area (Å²) in [5.74, 6) is -0.980. The van der Waals surface area contributed by atoms with Gasteiger partial charge in [-0.2, -0.15) is 0 Å². The first-order valence-corrected chi connectivity index (χ1v) is 7.24. The average Bonchev–Trinajstić information content (AvgIpc) is 2.47. The topological polar surface area (TPSA) is 46.5 Å². The van der Waals surface area contributed by atoms with Crippen molar-refractivity contribution in [2.45, 2.75) is 32.8 Å². The lowest BCUT2D eigenvalue weighted by Gasteiger charge is -2.12. The van der Waals surface area contributed by atoms with E-state index in [1.165, 1.54) is 6.07 Å². The highest BCUT2D eigenvalue weighted by atomic mass is 19.1. The Morgan fingerprint density at radius 3 is 2.55 bits per heavy atom. The van der Waals surface area contributed by atoms with Crippen LogP contribution in [-0.2, 0) is 17.8 Å². The van der Waals surface area contributed by atoms with Crippen LogP contribution in [0.1, 0.15) is 29.5 Å². The zero-order chi connectivity index (χ0) is 15.9. The predicted molar refractivity (Wildman–Crippen MR) is 82.5 cm³/mol. The number of hydrogen-bond donors (Lipinski definition) is 1. The molecule has 116 valence electrons. The minimum Gasteiger partial charge on any atom is -0.486 e.